The third kappa shape index (κ3) is 3.16. The summed E-state index contributed by atoms with van der Waals surface area (Å²) in [4.78, 5) is 13.0. The topological polar surface area (TPSA) is 35.5 Å². The van der Waals surface area contributed by atoms with Crippen LogP contribution < -0.4 is 9.47 Å². The van der Waals surface area contributed by atoms with Crippen LogP contribution in [0.25, 0.3) is 0 Å². The zero-order valence-corrected chi connectivity index (χ0v) is 13.0. The van der Waals surface area contributed by atoms with E-state index in [1.807, 2.05) is 18.4 Å². The van der Waals surface area contributed by atoms with Crippen LogP contribution in [0.1, 0.15) is 22.2 Å². The Balaban J connectivity index is 2.28. The van der Waals surface area contributed by atoms with Crippen molar-refractivity contribution in [3.8, 4) is 11.5 Å². The SMILES string of the molecule is CCOc1ccc(C(=O)c2cc(OC)cs2)c(Br)c1. The first kappa shape index (κ1) is 14.1. The number of ketones is 1. The first-order valence-electron chi connectivity index (χ1n) is 5.75. The maximum absolute atomic E-state index is 12.3. The first-order chi connectivity index (χ1) is 9.15. The minimum atomic E-state index is -0.0248. The Hall–Kier alpha value is -1.33. The summed E-state index contributed by atoms with van der Waals surface area (Å²) in [6.07, 6.45) is 0. The lowest BCUT2D eigenvalue weighted by atomic mass is 10.1. The van der Waals surface area contributed by atoms with Gasteiger partial charge in [-0.2, -0.15) is 0 Å². The van der Waals surface area contributed by atoms with E-state index in [4.69, 9.17) is 9.47 Å². The van der Waals surface area contributed by atoms with E-state index in [0.717, 1.165) is 10.2 Å². The van der Waals surface area contributed by atoms with Crippen LogP contribution in [0.15, 0.2) is 34.1 Å². The van der Waals surface area contributed by atoms with Crippen molar-refractivity contribution in [2.45, 2.75) is 6.92 Å². The minimum absolute atomic E-state index is 0.0248. The van der Waals surface area contributed by atoms with Crippen molar-refractivity contribution in [2.24, 2.45) is 0 Å². The number of rotatable bonds is 5. The summed E-state index contributed by atoms with van der Waals surface area (Å²) in [6.45, 7) is 2.52. The summed E-state index contributed by atoms with van der Waals surface area (Å²) in [5.74, 6) is 1.42. The molecule has 3 nitrogen and oxygen atoms in total. The Morgan fingerprint density at radius 1 is 1.32 bits per heavy atom. The summed E-state index contributed by atoms with van der Waals surface area (Å²) >= 11 is 4.79. The van der Waals surface area contributed by atoms with Crippen LogP contribution in [-0.4, -0.2) is 19.5 Å². The van der Waals surface area contributed by atoms with Crippen LogP contribution in [0.2, 0.25) is 0 Å². The van der Waals surface area contributed by atoms with Gasteiger partial charge >= 0.3 is 0 Å². The maximum Gasteiger partial charge on any atom is 0.204 e. The van der Waals surface area contributed by atoms with Gasteiger partial charge in [0.05, 0.1) is 18.6 Å². The van der Waals surface area contributed by atoms with Crippen molar-refractivity contribution in [3.05, 3.63) is 44.6 Å². The van der Waals surface area contributed by atoms with Gasteiger partial charge in [-0.3, -0.25) is 4.79 Å². The summed E-state index contributed by atoms with van der Waals surface area (Å²) in [6, 6.07) is 7.12. The fourth-order valence-corrected chi connectivity index (χ4v) is 2.96. The van der Waals surface area contributed by atoms with E-state index >= 15 is 0 Å². The molecule has 1 aromatic heterocycles. The van der Waals surface area contributed by atoms with Crippen LogP contribution in [0.4, 0.5) is 0 Å². The van der Waals surface area contributed by atoms with Crippen LogP contribution in [0.5, 0.6) is 11.5 Å². The van der Waals surface area contributed by atoms with Gasteiger partial charge in [0.2, 0.25) is 5.78 Å². The molecule has 0 unspecified atom stereocenters. The average Bonchev–Trinajstić information content (AvgIpc) is 2.87. The Kier molecular flexibility index (Phi) is 4.61. The number of hydrogen-bond acceptors (Lipinski definition) is 4. The smallest absolute Gasteiger partial charge is 0.204 e. The highest BCUT2D eigenvalue weighted by molar-refractivity contribution is 9.10. The molecule has 1 aromatic carbocycles. The van der Waals surface area contributed by atoms with Crippen molar-refractivity contribution >= 4 is 33.0 Å². The number of carbonyl (C=O) groups excluding carboxylic acids is 1. The molecule has 5 heteroatoms. The lowest BCUT2D eigenvalue weighted by molar-refractivity contribution is 0.104. The number of hydrogen-bond donors (Lipinski definition) is 0. The Bertz CT molecular complexity index is 592. The van der Waals surface area contributed by atoms with Crippen molar-refractivity contribution in [3.63, 3.8) is 0 Å². The van der Waals surface area contributed by atoms with E-state index in [1.165, 1.54) is 11.3 Å². The number of ether oxygens (including phenoxy) is 2. The molecule has 1 heterocycles. The largest absolute Gasteiger partial charge is 0.496 e. The molecule has 0 bridgehead atoms. The highest BCUT2D eigenvalue weighted by atomic mass is 79.9. The molecule has 0 fully saturated rings. The van der Waals surface area contributed by atoms with Gasteiger partial charge in [0.1, 0.15) is 11.5 Å². The van der Waals surface area contributed by atoms with Gasteiger partial charge in [-0.15, -0.1) is 11.3 Å². The summed E-state index contributed by atoms with van der Waals surface area (Å²) < 4.78 is 11.2. The van der Waals surface area contributed by atoms with Gasteiger partial charge in [-0.05, 0) is 41.1 Å². The lowest BCUT2D eigenvalue weighted by Crippen LogP contribution is -2.00. The summed E-state index contributed by atoms with van der Waals surface area (Å²) in [5.41, 5.74) is 0.618. The molecule has 0 aliphatic carbocycles. The Morgan fingerprint density at radius 3 is 2.68 bits per heavy atom. The van der Waals surface area contributed by atoms with Crippen LogP contribution >= 0.6 is 27.3 Å². The average molecular weight is 341 g/mol. The van der Waals surface area contributed by atoms with E-state index in [1.54, 1.807) is 25.3 Å². The molecule has 19 heavy (non-hydrogen) atoms. The molecule has 2 aromatic rings. The van der Waals surface area contributed by atoms with Crippen LogP contribution in [0.3, 0.4) is 0 Å². The van der Waals surface area contributed by atoms with Crippen molar-refractivity contribution in [2.75, 3.05) is 13.7 Å². The standard InChI is InChI=1S/C14H13BrO3S/c1-3-18-9-4-5-11(12(15)6-9)14(16)13-7-10(17-2)8-19-13/h4-8H,3H2,1-2H3. The second-order valence-electron chi connectivity index (χ2n) is 3.75. The third-order valence-electron chi connectivity index (χ3n) is 2.53. The zero-order valence-electron chi connectivity index (χ0n) is 10.6. The third-order valence-corrected chi connectivity index (χ3v) is 4.09. The number of halogens is 1. The minimum Gasteiger partial charge on any atom is -0.496 e. The Labute approximate surface area is 124 Å². The number of thiophene rings is 1. The first-order valence-corrected chi connectivity index (χ1v) is 7.42. The van der Waals surface area contributed by atoms with Crippen molar-refractivity contribution < 1.29 is 14.3 Å². The summed E-state index contributed by atoms with van der Waals surface area (Å²) in [5, 5.41) is 1.82. The van der Waals surface area contributed by atoms with E-state index < -0.39 is 0 Å². The van der Waals surface area contributed by atoms with E-state index in [0.29, 0.717) is 22.8 Å². The monoisotopic (exact) mass is 340 g/mol. The van der Waals surface area contributed by atoms with Crippen LogP contribution in [0, 0.1) is 0 Å². The molecule has 0 N–H and O–H groups in total. The summed E-state index contributed by atoms with van der Waals surface area (Å²) in [7, 11) is 1.59. The number of methoxy groups -OCH3 is 1. The van der Waals surface area contributed by atoms with Gasteiger partial charge in [-0.1, -0.05) is 0 Å². The van der Waals surface area contributed by atoms with Gasteiger partial charge < -0.3 is 9.47 Å². The van der Waals surface area contributed by atoms with E-state index in [2.05, 4.69) is 15.9 Å². The van der Waals surface area contributed by atoms with Crippen molar-refractivity contribution in [1.82, 2.24) is 0 Å². The predicted octanol–water partition coefficient (Wildman–Crippen LogP) is 4.15. The van der Waals surface area contributed by atoms with Crippen LogP contribution in [-0.2, 0) is 0 Å². The second kappa shape index (κ2) is 6.21. The van der Waals surface area contributed by atoms with Gasteiger partial charge in [0, 0.05) is 21.5 Å². The number of benzene rings is 1. The highest BCUT2D eigenvalue weighted by Gasteiger charge is 2.15. The predicted molar refractivity (Wildman–Crippen MR) is 79.6 cm³/mol. The highest BCUT2D eigenvalue weighted by Crippen LogP contribution is 2.29. The second-order valence-corrected chi connectivity index (χ2v) is 5.52. The van der Waals surface area contributed by atoms with E-state index in [-0.39, 0.29) is 5.78 Å². The van der Waals surface area contributed by atoms with Gasteiger partial charge in [0.15, 0.2) is 0 Å². The molecule has 0 amide bonds. The normalized spacial score (nSPS) is 10.3. The Morgan fingerprint density at radius 2 is 2.11 bits per heavy atom. The quantitative estimate of drug-likeness (QED) is 0.767. The molecule has 0 aliphatic heterocycles. The lowest BCUT2D eigenvalue weighted by Gasteiger charge is -2.06. The molecule has 0 saturated heterocycles. The molecule has 0 spiro atoms. The van der Waals surface area contributed by atoms with Gasteiger partial charge in [-0.25, -0.2) is 0 Å². The molecular weight excluding hydrogens is 328 g/mol. The van der Waals surface area contributed by atoms with E-state index in [9.17, 15) is 4.79 Å². The molecule has 0 radical (unpaired) electrons. The molecule has 0 saturated carbocycles. The molecule has 100 valence electrons. The number of carbonyl (C=O) groups is 1. The fraction of sp³-hybridized carbons (Fsp3) is 0.214. The van der Waals surface area contributed by atoms with Gasteiger partial charge in [0.25, 0.3) is 0 Å². The fourth-order valence-electron chi connectivity index (χ4n) is 1.61. The molecule has 0 aliphatic rings. The molecule has 0 atom stereocenters. The molecule has 2 rings (SSSR count). The molecular formula is C14H13BrO3S. The maximum atomic E-state index is 12.3. The zero-order chi connectivity index (χ0) is 13.8. The van der Waals surface area contributed by atoms with Crippen molar-refractivity contribution in [1.29, 1.82) is 0 Å².